The van der Waals surface area contributed by atoms with E-state index in [-0.39, 0.29) is 5.91 Å². The van der Waals surface area contributed by atoms with E-state index in [1.165, 1.54) is 11.3 Å². The molecular formula is C29H34N4O2. The zero-order chi connectivity index (χ0) is 24.9. The number of hydrogen-bond donors (Lipinski definition) is 0. The Hall–Kier alpha value is -3.64. The summed E-state index contributed by atoms with van der Waals surface area (Å²) in [7, 11) is 3.84. The third kappa shape index (κ3) is 5.72. The number of pyridine rings is 1. The zero-order valence-electron chi connectivity index (χ0n) is 21.3. The molecule has 2 aromatic carbocycles. The maximum absolute atomic E-state index is 11.5. The van der Waals surface area contributed by atoms with E-state index in [1.54, 1.807) is 18.9 Å². The van der Waals surface area contributed by atoms with E-state index in [2.05, 4.69) is 70.9 Å². The van der Waals surface area contributed by atoms with Crippen molar-refractivity contribution in [3.8, 4) is 11.3 Å². The second-order valence-corrected chi connectivity index (χ2v) is 9.04. The minimum Gasteiger partial charge on any atom is -0.378 e. The highest BCUT2D eigenvalue weighted by Crippen LogP contribution is 2.29. The zero-order valence-corrected chi connectivity index (χ0v) is 21.3. The first-order valence-corrected chi connectivity index (χ1v) is 12.0. The monoisotopic (exact) mass is 470 g/mol. The van der Waals surface area contributed by atoms with Crippen LogP contribution in [-0.4, -0.2) is 48.8 Å². The van der Waals surface area contributed by atoms with Crippen molar-refractivity contribution >= 4 is 28.2 Å². The first-order chi connectivity index (χ1) is 16.8. The summed E-state index contributed by atoms with van der Waals surface area (Å²) in [6.07, 6.45) is 1.90. The molecule has 182 valence electrons. The lowest BCUT2D eigenvalue weighted by atomic mass is 10.1. The molecule has 6 nitrogen and oxygen atoms in total. The number of hydrogen-bond acceptors (Lipinski definition) is 4. The van der Waals surface area contributed by atoms with Crippen molar-refractivity contribution in [1.82, 2.24) is 9.55 Å². The number of rotatable bonds is 3. The standard InChI is InChI=1S/C18H19N3O.C11H15NO/c1-12-8-17-15(11-19-12)10-18(21(17)4)14-6-5-7-16(9-14)20(3)13(2)22;1-10-2-4-11(5-3-10)12-6-8-13-9-7-12/h5-11H,1-4H3;2-5H,6-9H2,1H3. The molecule has 0 atom stereocenters. The van der Waals surface area contributed by atoms with Crippen LogP contribution in [-0.2, 0) is 16.6 Å². The number of amides is 1. The average Bonchev–Trinajstić information content (AvgIpc) is 3.20. The highest BCUT2D eigenvalue weighted by atomic mass is 16.5. The molecule has 35 heavy (non-hydrogen) atoms. The first-order valence-electron chi connectivity index (χ1n) is 12.0. The molecule has 0 N–H and O–H groups in total. The molecule has 1 aliphatic heterocycles. The lowest BCUT2D eigenvalue weighted by molar-refractivity contribution is -0.116. The van der Waals surface area contributed by atoms with Crippen LogP contribution in [0, 0.1) is 13.8 Å². The molecule has 0 radical (unpaired) electrons. The Morgan fingerprint density at radius 3 is 2.40 bits per heavy atom. The molecule has 0 saturated carbocycles. The van der Waals surface area contributed by atoms with Gasteiger partial charge in [0.2, 0.25) is 5.91 Å². The van der Waals surface area contributed by atoms with E-state index in [4.69, 9.17) is 4.74 Å². The summed E-state index contributed by atoms with van der Waals surface area (Å²) in [6, 6.07) is 20.9. The SMILES string of the molecule is CC(=O)N(C)c1cccc(-c2cc3cnc(C)cc3n2C)c1.Cc1ccc(N2CCOCC2)cc1. The van der Waals surface area contributed by atoms with Gasteiger partial charge in [-0.25, -0.2) is 0 Å². The molecule has 6 heteroatoms. The van der Waals surface area contributed by atoms with Crippen molar-refractivity contribution in [2.45, 2.75) is 20.8 Å². The predicted molar refractivity (Wildman–Crippen MR) is 144 cm³/mol. The number of benzene rings is 2. The third-order valence-corrected chi connectivity index (χ3v) is 6.48. The largest absolute Gasteiger partial charge is 0.378 e. The predicted octanol–water partition coefficient (Wildman–Crippen LogP) is 5.36. The number of aromatic nitrogens is 2. The second kappa shape index (κ2) is 10.7. The van der Waals surface area contributed by atoms with Crippen molar-refractivity contribution in [3.63, 3.8) is 0 Å². The van der Waals surface area contributed by atoms with Gasteiger partial charge in [-0.3, -0.25) is 9.78 Å². The van der Waals surface area contributed by atoms with Gasteiger partial charge in [0.25, 0.3) is 0 Å². The summed E-state index contributed by atoms with van der Waals surface area (Å²) in [5.41, 5.74) is 7.89. The Kier molecular flexibility index (Phi) is 7.51. The summed E-state index contributed by atoms with van der Waals surface area (Å²) in [6.45, 7) is 9.42. The molecule has 0 aliphatic carbocycles. The van der Waals surface area contributed by atoms with Gasteiger partial charge in [-0.05, 0) is 50.2 Å². The molecule has 4 aromatic rings. The number of carbonyl (C=O) groups excluding carboxylic acids is 1. The van der Waals surface area contributed by atoms with E-state index in [9.17, 15) is 4.79 Å². The van der Waals surface area contributed by atoms with Crippen LogP contribution < -0.4 is 9.80 Å². The summed E-state index contributed by atoms with van der Waals surface area (Å²) in [4.78, 5) is 19.9. The van der Waals surface area contributed by atoms with Crippen molar-refractivity contribution in [1.29, 1.82) is 0 Å². The molecule has 5 rings (SSSR count). The Bertz CT molecular complexity index is 1300. The van der Waals surface area contributed by atoms with Gasteiger partial charge >= 0.3 is 0 Å². The van der Waals surface area contributed by atoms with Gasteiger partial charge in [0, 0.05) is 74.0 Å². The van der Waals surface area contributed by atoms with Crippen LogP contribution in [0.15, 0.2) is 66.9 Å². The van der Waals surface area contributed by atoms with E-state index in [0.29, 0.717) is 0 Å². The molecule has 0 spiro atoms. The highest BCUT2D eigenvalue weighted by Gasteiger charge is 2.12. The van der Waals surface area contributed by atoms with Crippen LogP contribution in [0.1, 0.15) is 18.2 Å². The summed E-state index contributed by atoms with van der Waals surface area (Å²) in [5, 5.41) is 1.12. The number of morpholine rings is 1. The van der Waals surface area contributed by atoms with Crippen LogP contribution in [0.25, 0.3) is 22.2 Å². The van der Waals surface area contributed by atoms with E-state index in [0.717, 1.165) is 59.8 Å². The van der Waals surface area contributed by atoms with Gasteiger partial charge in [-0.1, -0.05) is 29.8 Å². The van der Waals surface area contributed by atoms with Crippen LogP contribution >= 0.6 is 0 Å². The van der Waals surface area contributed by atoms with Crippen LogP contribution in [0.2, 0.25) is 0 Å². The number of fused-ring (bicyclic) bond motifs is 1. The highest BCUT2D eigenvalue weighted by molar-refractivity contribution is 5.92. The molecule has 1 aliphatic rings. The van der Waals surface area contributed by atoms with E-state index in [1.807, 2.05) is 31.3 Å². The number of carbonyl (C=O) groups is 1. The Morgan fingerprint density at radius 1 is 1.00 bits per heavy atom. The summed E-state index contributed by atoms with van der Waals surface area (Å²) in [5.74, 6) is 0.0222. The molecule has 0 bridgehead atoms. The van der Waals surface area contributed by atoms with E-state index >= 15 is 0 Å². The van der Waals surface area contributed by atoms with Gasteiger partial charge in [0.15, 0.2) is 0 Å². The molecular weight excluding hydrogens is 436 g/mol. The van der Waals surface area contributed by atoms with Crippen LogP contribution in [0.4, 0.5) is 11.4 Å². The fourth-order valence-electron chi connectivity index (χ4n) is 4.24. The van der Waals surface area contributed by atoms with Crippen LogP contribution in [0.3, 0.4) is 0 Å². The van der Waals surface area contributed by atoms with Gasteiger partial charge < -0.3 is 19.1 Å². The van der Waals surface area contributed by atoms with Gasteiger partial charge in [0.1, 0.15) is 0 Å². The third-order valence-electron chi connectivity index (χ3n) is 6.48. The molecule has 1 saturated heterocycles. The Balaban J connectivity index is 0.000000189. The smallest absolute Gasteiger partial charge is 0.223 e. The topological polar surface area (TPSA) is 50.6 Å². The van der Waals surface area contributed by atoms with Crippen molar-refractivity contribution in [3.05, 3.63) is 78.1 Å². The summed E-state index contributed by atoms with van der Waals surface area (Å²) < 4.78 is 7.47. The lowest BCUT2D eigenvalue weighted by Gasteiger charge is -2.28. The Labute approximate surface area is 207 Å². The normalized spacial score (nSPS) is 13.3. The molecule has 0 unspecified atom stereocenters. The number of ether oxygens (including phenoxy) is 1. The number of aryl methyl sites for hydroxylation is 3. The fourth-order valence-corrected chi connectivity index (χ4v) is 4.24. The fraction of sp³-hybridized carbons (Fsp3) is 0.310. The summed E-state index contributed by atoms with van der Waals surface area (Å²) >= 11 is 0. The molecule has 3 heterocycles. The minimum atomic E-state index is 0.0222. The van der Waals surface area contributed by atoms with E-state index < -0.39 is 0 Å². The van der Waals surface area contributed by atoms with Crippen molar-refractivity contribution in [2.24, 2.45) is 7.05 Å². The molecule has 1 fully saturated rings. The molecule has 1 amide bonds. The quantitative estimate of drug-likeness (QED) is 0.404. The van der Waals surface area contributed by atoms with Gasteiger partial charge in [-0.15, -0.1) is 0 Å². The average molecular weight is 471 g/mol. The van der Waals surface area contributed by atoms with Crippen molar-refractivity contribution < 1.29 is 9.53 Å². The Morgan fingerprint density at radius 2 is 1.71 bits per heavy atom. The van der Waals surface area contributed by atoms with Gasteiger partial charge in [-0.2, -0.15) is 0 Å². The first kappa shape index (κ1) is 24.5. The number of nitrogens with zero attached hydrogens (tertiary/aromatic N) is 4. The minimum absolute atomic E-state index is 0.0222. The number of anilines is 2. The lowest BCUT2D eigenvalue weighted by Crippen LogP contribution is -2.36. The second-order valence-electron chi connectivity index (χ2n) is 9.04. The maximum Gasteiger partial charge on any atom is 0.223 e. The maximum atomic E-state index is 11.5. The van der Waals surface area contributed by atoms with Gasteiger partial charge in [0.05, 0.1) is 18.7 Å². The van der Waals surface area contributed by atoms with Crippen LogP contribution in [0.5, 0.6) is 0 Å². The molecule has 2 aromatic heterocycles. The van der Waals surface area contributed by atoms with Crippen molar-refractivity contribution in [2.75, 3.05) is 43.2 Å².